The largest absolute Gasteiger partial charge is 0.465 e. The summed E-state index contributed by atoms with van der Waals surface area (Å²) < 4.78 is 38.0. The molecule has 0 saturated heterocycles. The van der Waals surface area contributed by atoms with E-state index in [1.807, 2.05) is 44.2 Å². The molecule has 0 aliphatic rings. The second-order valence-corrected chi connectivity index (χ2v) is 9.81. The molecule has 0 saturated carbocycles. The lowest BCUT2D eigenvalue weighted by Crippen LogP contribution is -2.59. The molecule has 11 nitrogen and oxygen atoms in total. The maximum absolute atomic E-state index is 12.9. The first kappa shape index (κ1) is 31.4. The minimum absolute atomic E-state index is 0.0310. The molecule has 204 valence electrons. The number of benzene rings is 1. The molecule has 0 aromatic heterocycles. The number of hydrogen-bond donors (Lipinski definition) is 2. The fourth-order valence-corrected chi connectivity index (χ4v) is 4.18. The average molecular weight is 531 g/mol. The highest BCUT2D eigenvalue weighted by molar-refractivity contribution is 7.17. The number of carbonyl (C=O) groups is 3. The quantitative estimate of drug-likeness (QED) is 0.169. The van der Waals surface area contributed by atoms with Crippen molar-refractivity contribution in [3.63, 3.8) is 0 Å². The van der Waals surface area contributed by atoms with Gasteiger partial charge in [0.1, 0.15) is 12.2 Å². The molecular weight excluding hydrogens is 491 g/mol. The van der Waals surface area contributed by atoms with Crippen molar-refractivity contribution in [3.8, 4) is 0 Å². The normalized spacial score (nSPS) is 15.1. The Morgan fingerprint density at radius 3 is 2.17 bits per heavy atom. The van der Waals surface area contributed by atoms with Gasteiger partial charge in [-0.15, -0.1) is 0 Å². The van der Waals surface area contributed by atoms with Gasteiger partial charge in [-0.2, -0.15) is 0 Å². The van der Waals surface area contributed by atoms with Gasteiger partial charge in [0.2, 0.25) is 0 Å². The second kappa shape index (κ2) is 14.8. The summed E-state index contributed by atoms with van der Waals surface area (Å²) in [5, 5.41) is 5.39. The van der Waals surface area contributed by atoms with Crippen LogP contribution in [0, 0.1) is 11.8 Å². The Morgan fingerprint density at radius 1 is 1.03 bits per heavy atom. The Balaban J connectivity index is 3.18. The van der Waals surface area contributed by atoms with E-state index in [-0.39, 0.29) is 25.5 Å². The Kier molecular flexibility index (Phi) is 12.9. The smallest absolute Gasteiger partial charge is 0.407 e. The molecule has 2 amide bonds. The van der Waals surface area contributed by atoms with Crippen molar-refractivity contribution >= 4 is 26.8 Å². The molecular formula is C24H39N2O9P. The third-order valence-electron chi connectivity index (χ3n) is 5.26. The van der Waals surface area contributed by atoms with Gasteiger partial charge in [-0.3, -0.25) is 9.09 Å². The van der Waals surface area contributed by atoms with Crippen LogP contribution in [0.3, 0.4) is 0 Å². The second-order valence-electron chi connectivity index (χ2n) is 9.38. The fourth-order valence-electron chi connectivity index (χ4n) is 3.67. The molecule has 0 aliphatic carbocycles. The lowest BCUT2D eigenvalue weighted by molar-refractivity contribution is -0.227. The highest BCUT2D eigenvalue weighted by atomic mass is 31.1. The zero-order chi connectivity index (χ0) is 27.4. The highest BCUT2D eigenvalue weighted by Crippen LogP contribution is 2.36. The van der Waals surface area contributed by atoms with E-state index in [2.05, 4.69) is 10.6 Å². The van der Waals surface area contributed by atoms with E-state index in [9.17, 15) is 18.9 Å². The van der Waals surface area contributed by atoms with E-state index in [4.69, 9.17) is 23.5 Å². The van der Waals surface area contributed by atoms with Crippen molar-refractivity contribution in [2.75, 3.05) is 20.8 Å². The van der Waals surface area contributed by atoms with Crippen molar-refractivity contribution < 1.29 is 42.4 Å². The standard InChI is InChI=1S/C24H39N2O9P/c1-16(2)19(26-22(29)33-15-17-11-9-8-10-12-17)18(13-14-25-21(28)34-23(3,4)5)24(32-7,35-36-30)20(27)31-6/h8-12,16,18-19H,13-15,36H2,1-7H3,(H,25,28)(H,26,29). The Hall–Kier alpha value is -2.62. The number of methoxy groups -OCH3 is 2. The number of alkyl carbamates (subject to hydrolysis) is 2. The predicted molar refractivity (Wildman–Crippen MR) is 134 cm³/mol. The third-order valence-corrected chi connectivity index (χ3v) is 5.70. The number of esters is 1. The van der Waals surface area contributed by atoms with Gasteiger partial charge < -0.3 is 29.6 Å². The van der Waals surface area contributed by atoms with Crippen molar-refractivity contribution in [3.05, 3.63) is 35.9 Å². The summed E-state index contributed by atoms with van der Waals surface area (Å²) in [5.74, 6) is -4.23. The molecule has 4 atom stereocenters. The maximum Gasteiger partial charge on any atom is 0.407 e. The van der Waals surface area contributed by atoms with E-state index in [1.165, 1.54) is 7.11 Å². The zero-order valence-electron chi connectivity index (χ0n) is 22.0. The van der Waals surface area contributed by atoms with Crippen LogP contribution >= 0.6 is 8.69 Å². The summed E-state index contributed by atoms with van der Waals surface area (Å²) in [5.41, 5.74) is 0.0941. The van der Waals surface area contributed by atoms with E-state index in [1.54, 1.807) is 20.8 Å². The summed E-state index contributed by atoms with van der Waals surface area (Å²) in [6.07, 6.45) is -1.32. The zero-order valence-corrected chi connectivity index (χ0v) is 23.1. The van der Waals surface area contributed by atoms with Gasteiger partial charge in [0.05, 0.1) is 7.11 Å². The van der Waals surface area contributed by atoms with E-state index >= 15 is 0 Å². The number of rotatable bonds is 13. The first-order chi connectivity index (χ1) is 16.9. The van der Waals surface area contributed by atoms with Crippen LogP contribution < -0.4 is 10.6 Å². The van der Waals surface area contributed by atoms with Crippen molar-refractivity contribution in [1.29, 1.82) is 0 Å². The molecule has 2 N–H and O–H groups in total. The molecule has 1 aromatic carbocycles. The topological polar surface area (TPSA) is 138 Å². The van der Waals surface area contributed by atoms with Gasteiger partial charge in [-0.1, -0.05) is 44.2 Å². The Labute approximate surface area is 213 Å². The SMILES string of the molecule is COC(=O)C(OC)(O[PH2]=O)C(CCNC(=O)OC(C)(C)C)C(NC(=O)OCc1ccccc1)C(C)C. The monoisotopic (exact) mass is 530 g/mol. The molecule has 0 bridgehead atoms. The average Bonchev–Trinajstić information content (AvgIpc) is 2.82. The van der Waals surface area contributed by atoms with Crippen LogP contribution in [0.15, 0.2) is 30.3 Å². The van der Waals surface area contributed by atoms with Crippen LogP contribution in [-0.4, -0.2) is 56.4 Å². The molecule has 4 unspecified atom stereocenters. The summed E-state index contributed by atoms with van der Waals surface area (Å²) >= 11 is 0. The molecule has 0 fully saturated rings. The molecule has 1 aromatic rings. The molecule has 0 spiro atoms. The third kappa shape index (κ3) is 9.79. The number of ether oxygens (including phenoxy) is 4. The summed E-state index contributed by atoms with van der Waals surface area (Å²) in [7, 11) is 0.460. The minimum Gasteiger partial charge on any atom is -0.465 e. The molecule has 0 radical (unpaired) electrons. The van der Waals surface area contributed by atoms with Crippen LogP contribution in [0.5, 0.6) is 0 Å². The van der Waals surface area contributed by atoms with Crippen molar-refractivity contribution in [2.24, 2.45) is 11.8 Å². The number of hydrogen-bond acceptors (Lipinski definition) is 9. The van der Waals surface area contributed by atoms with Crippen LogP contribution in [0.1, 0.15) is 46.6 Å². The van der Waals surface area contributed by atoms with Crippen LogP contribution in [0.4, 0.5) is 9.59 Å². The molecule has 1 rings (SSSR count). The van der Waals surface area contributed by atoms with Crippen LogP contribution in [0.25, 0.3) is 0 Å². The van der Waals surface area contributed by atoms with E-state index < -0.39 is 50.2 Å². The predicted octanol–water partition coefficient (Wildman–Crippen LogP) is 3.67. The van der Waals surface area contributed by atoms with E-state index in [0.717, 1.165) is 12.7 Å². The van der Waals surface area contributed by atoms with Gasteiger partial charge in [0.25, 0.3) is 5.79 Å². The number of nitrogens with one attached hydrogen (secondary N) is 2. The maximum atomic E-state index is 12.9. The van der Waals surface area contributed by atoms with Gasteiger partial charge in [-0.25, -0.2) is 14.4 Å². The summed E-state index contributed by atoms with van der Waals surface area (Å²) in [6, 6.07) is 8.37. The van der Waals surface area contributed by atoms with E-state index in [0.29, 0.717) is 0 Å². The summed E-state index contributed by atoms with van der Waals surface area (Å²) in [4.78, 5) is 37.7. The first-order valence-corrected chi connectivity index (χ1v) is 12.5. The van der Waals surface area contributed by atoms with Crippen molar-refractivity contribution in [2.45, 2.75) is 65.1 Å². The number of amides is 2. The van der Waals surface area contributed by atoms with Gasteiger partial charge in [0, 0.05) is 25.6 Å². The highest BCUT2D eigenvalue weighted by Gasteiger charge is 2.53. The lowest BCUT2D eigenvalue weighted by Gasteiger charge is -2.41. The summed E-state index contributed by atoms with van der Waals surface area (Å²) in [6.45, 7) is 8.89. The number of carbonyl (C=O) groups excluding carboxylic acids is 3. The Bertz CT molecular complexity index is 861. The van der Waals surface area contributed by atoms with Crippen LogP contribution in [0.2, 0.25) is 0 Å². The van der Waals surface area contributed by atoms with Crippen LogP contribution in [-0.2, 0) is 39.4 Å². The Morgan fingerprint density at radius 2 is 1.67 bits per heavy atom. The molecule has 36 heavy (non-hydrogen) atoms. The van der Waals surface area contributed by atoms with Gasteiger partial charge in [0.15, 0.2) is 8.69 Å². The van der Waals surface area contributed by atoms with Crippen molar-refractivity contribution in [1.82, 2.24) is 10.6 Å². The lowest BCUT2D eigenvalue weighted by atomic mass is 9.81. The first-order valence-electron chi connectivity index (χ1n) is 11.6. The van der Waals surface area contributed by atoms with Gasteiger partial charge >= 0.3 is 18.2 Å². The molecule has 0 heterocycles. The van der Waals surface area contributed by atoms with Gasteiger partial charge in [-0.05, 0) is 38.7 Å². The minimum atomic E-state index is -2.11. The molecule has 0 aliphatic heterocycles. The fraction of sp³-hybridized carbons (Fsp3) is 0.625. The molecule has 12 heteroatoms.